The molecule has 0 saturated heterocycles. The van der Waals surface area contributed by atoms with Gasteiger partial charge >= 0.3 is 0 Å². The van der Waals surface area contributed by atoms with Gasteiger partial charge in [0, 0.05) is 12.5 Å². The highest BCUT2D eigenvalue weighted by molar-refractivity contribution is 6.21. The normalized spacial score (nSPS) is 26.7. The smallest absolute Gasteiger partial charge is 0.220 e. The van der Waals surface area contributed by atoms with Crippen molar-refractivity contribution in [3.05, 3.63) is 0 Å². The second-order valence-electron chi connectivity index (χ2n) is 7.05. The van der Waals surface area contributed by atoms with Crippen LogP contribution in [0.4, 0.5) is 0 Å². The van der Waals surface area contributed by atoms with Gasteiger partial charge in [-0.3, -0.25) is 4.79 Å². The predicted molar refractivity (Wildman–Crippen MR) is 77.9 cm³/mol. The van der Waals surface area contributed by atoms with E-state index < -0.39 is 0 Å². The summed E-state index contributed by atoms with van der Waals surface area (Å²) in [6.45, 7) is 8.82. The summed E-state index contributed by atoms with van der Waals surface area (Å²) in [6.07, 6.45) is 6.15. The van der Waals surface area contributed by atoms with E-state index in [1.165, 1.54) is 12.8 Å². The summed E-state index contributed by atoms with van der Waals surface area (Å²) in [4.78, 5) is 12.0. The molecule has 106 valence electrons. The van der Waals surface area contributed by atoms with E-state index in [2.05, 4.69) is 33.0 Å². The summed E-state index contributed by atoms with van der Waals surface area (Å²) in [7, 11) is 0. The molecule has 0 spiro atoms. The van der Waals surface area contributed by atoms with Gasteiger partial charge in [0.15, 0.2) is 0 Å². The van der Waals surface area contributed by atoms with Gasteiger partial charge in [-0.2, -0.15) is 0 Å². The van der Waals surface area contributed by atoms with Crippen LogP contribution in [0.2, 0.25) is 0 Å². The fourth-order valence-electron chi connectivity index (χ4n) is 2.95. The highest BCUT2D eigenvalue weighted by Crippen LogP contribution is 2.26. The van der Waals surface area contributed by atoms with Gasteiger partial charge in [-0.15, -0.1) is 11.6 Å². The molecule has 1 aliphatic rings. The Morgan fingerprint density at radius 2 is 1.94 bits per heavy atom. The first-order valence-corrected chi connectivity index (χ1v) is 7.65. The minimum Gasteiger partial charge on any atom is -0.352 e. The number of hydrogen-bond donors (Lipinski definition) is 1. The molecule has 0 aromatic carbocycles. The highest BCUT2D eigenvalue weighted by Gasteiger charge is 2.25. The average Bonchev–Trinajstić information content (AvgIpc) is 2.18. The lowest BCUT2D eigenvalue weighted by Gasteiger charge is -2.29. The van der Waals surface area contributed by atoms with E-state index in [4.69, 9.17) is 11.6 Å². The Bertz CT molecular complexity index is 272. The van der Waals surface area contributed by atoms with Gasteiger partial charge in [-0.1, -0.05) is 40.5 Å². The van der Waals surface area contributed by atoms with Crippen LogP contribution in [0.1, 0.15) is 66.2 Å². The van der Waals surface area contributed by atoms with E-state index in [9.17, 15) is 4.79 Å². The fourth-order valence-corrected chi connectivity index (χ4v) is 3.29. The van der Waals surface area contributed by atoms with E-state index in [1.807, 2.05) is 0 Å². The minimum absolute atomic E-state index is 0.126. The summed E-state index contributed by atoms with van der Waals surface area (Å²) in [5, 5.41) is 3.24. The van der Waals surface area contributed by atoms with Crippen LogP contribution in [-0.2, 0) is 4.79 Å². The first-order valence-electron chi connectivity index (χ1n) is 7.21. The Morgan fingerprint density at radius 1 is 1.33 bits per heavy atom. The highest BCUT2D eigenvalue weighted by atomic mass is 35.5. The first-order chi connectivity index (χ1) is 8.28. The number of alkyl halides is 1. The quantitative estimate of drug-likeness (QED) is 0.767. The fraction of sp³-hybridized carbons (Fsp3) is 0.933. The zero-order valence-electron chi connectivity index (χ0n) is 12.3. The maximum absolute atomic E-state index is 12.0. The Hall–Kier alpha value is -0.240. The summed E-state index contributed by atoms with van der Waals surface area (Å²) in [6, 6.07) is 0.190. The third-order valence-corrected chi connectivity index (χ3v) is 4.05. The lowest BCUT2D eigenvalue weighted by Crippen LogP contribution is -2.43. The van der Waals surface area contributed by atoms with Crippen molar-refractivity contribution in [2.45, 2.75) is 77.6 Å². The molecule has 2 nitrogen and oxygen atoms in total. The van der Waals surface area contributed by atoms with Crippen LogP contribution in [-0.4, -0.2) is 17.3 Å². The number of rotatable bonds is 4. The van der Waals surface area contributed by atoms with E-state index in [0.29, 0.717) is 17.8 Å². The molecule has 3 unspecified atom stereocenters. The molecule has 1 saturated carbocycles. The Morgan fingerprint density at radius 3 is 2.50 bits per heavy atom. The molecule has 3 atom stereocenters. The lowest BCUT2D eigenvalue weighted by molar-refractivity contribution is -0.122. The molecule has 0 aromatic rings. The van der Waals surface area contributed by atoms with E-state index in [0.717, 1.165) is 19.3 Å². The number of carbonyl (C=O) groups is 1. The van der Waals surface area contributed by atoms with Crippen molar-refractivity contribution >= 4 is 17.5 Å². The summed E-state index contributed by atoms with van der Waals surface area (Å²) >= 11 is 6.26. The zero-order chi connectivity index (χ0) is 13.8. The molecule has 1 rings (SSSR count). The topological polar surface area (TPSA) is 29.1 Å². The summed E-state index contributed by atoms with van der Waals surface area (Å²) < 4.78 is 0. The molecule has 1 aliphatic carbocycles. The van der Waals surface area contributed by atoms with Crippen LogP contribution in [0.25, 0.3) is 0 Å². The lowest BCUT2D eigenvalue weighted by atomic mass is 9.84. The maximum atomic E-state index is 12.0. The maximum Gasteiger partial charge on any atom is 0.220 e. The third-order valence-electron chi connectivity index (χ3n) is 3.52. The van der Waals surface area contributed by atoms with Crippen molar-refractivity contribution in [3.8, 4) is 0 Å². The monoisotopic (exact) mass is 273 g/mol. The zero-order valence-corrected chi connectivity index (χ0v) is 13.0. The van der Waals surface area contributed by atoms with Gasteiger partial charge in [0.05, 0.1) is 5.38 Å². The van der Waals surface area contributed by atoms with Gasteiger partial charge < -0.3 is 5.32 Å². The van der Waals surface area contributed by atoms with Crippen LogP contribution < -0.4 is 5.32 Å². The molecule has 0 aromatic heterocycles. The van der Waals surface area contributed by atoms with Gasteiger partial charge in [-0.25, -0.2) is 0 Å². The molecular weight excluding hydrogens is 246 g/mol. The van der Waals surface area contributed by atoms with Crippen LogP contribution in [0.15, 0.2) is 0 Å². The van der Waals surface area contributed by atoms with Gasteiger partial charge in [-0.05, 0) is 30.6 Å². The number of hydrogen-bond acceptors (Lipinski definition) is 1. The second kappa shape index (κ2) is 6.79. The van der Waals surface area contributed by atoms with Crippen molar-refractivity contribution in [2.75, 3.05) is 0 Å². The molecular formula is C15H28ClNO. The Labute approximate surface area is 117 Å². The number of halogens is 1. The molecule has 3 heteroatoms. The molecule has 0 radical (unpaired) electrons. The van der Waals surface area contributed by atoms with Crippen molar-refractivity contribution in [2.24, 2.45) is 11.3 Å². The van der Waals surface area contributed by atoms with Gasteiger partial charge in [0.1, 0.15) is 0 Å². The van der Waals surface area contributed by atoms with Crippen molar-refractivity contribution < 1.29 is 4.79 Å². The largest absolute Gasteiger partial charge is 0.352 e. The SMILES string of the molecule is CC(CC(=O)NC1CCCCC1Cl)CC(C)(C)C. The summed E-state index contributed by atoms with van der Waals surface area (Å²) in [5.41, 5.74) is 0.291. The minimum atomic E-state index is 0.126. The van der Waals surface area contributed by atoms with Gasteiger partial charge in [0.2, 0.25) is 5.91 Å². The standard InChI is InChI=1S/C15H28ClNO/c1-11(10-15(2,3)4)9-14(18)17-13-8-6-5-7-12(13)16/h11-13H,5-10H2,1-4H3,(H,17,18). The Kier molecular flexibility index (Phi) is 5.97. The molecule has 18 heavy (non-hydrogen) atoms. The average molecular weight is 274 g/mol. The van der Waals surface area contributed by atoms with Crippen molar-refractivity contribution in [1.82, 2.24) is 5.32 Å². The molecule has 0 aliphatic heterocycles. The van der Waals surface area contributed by atoms with Crippen LogP contribution in [0.5, 0.6) is 0 Å². The number of carbonyl (C=O) groups excluding carboxylic acids is 1. The molecule has 1 N–H and O–H groups in total. The van der Waals surface area contributed by atoms with E-state index >= 15 is 0 Å². The predicted octanol–water partition coefficient (Wildman–Crippen LogP) is 4.12. The van der Waals surface area contributed by atoms with Gasteiger partial charge in [0.25, 0.3) is 0 Å². The molecule has 1 amide bonds. The first kappa shape index (κ1) is 15.8. The second-order valence-corrected chi connectivity index (χ2v) is 7.61. The molecule has 0 heterocycles. The van der Waals surface area contributed by atoms with Crippen molar-refractivity contribution in [3.63, 3.8) is 0 Å². The van der Waals surface area contributed by atoms with Crippen molar-refractivity contribution in [1.29, 1.82) is 0 Å². The number of nitrogens with one attached hydrogen (secondary N) is 1. The number of amides is 1. The molecule has 0 bridgehead atoms. The van der Waals surface area contributed by atoms with E-state index in [-0.39, 0.29) is 17.3 Å². The van der Waals surface area contributed by atoms with E-state index in [1.54, 1.807) is 0 Å². The third kappa shape index (κ3) is 6.08. The Balaban J connectivity index is 2.32. The van der Waals surface area contributed by atoms with Crippen LogP contribution in [0.3, 0.4) is 0 Å². The molecule has 1 fully saturated rings. The summed E-state index contributed by atoms with van der Waals surface area (Å²) in [5.74, 6) is 0.603. The van der Waals surface area contributed by atoms with Crippen LogP contribution in [0, 0.1) is 11.3 Å². The van der Waals surface area contributed by atoms with Crippen LogP contribution >= 0.6 is 11.6 Å².